The highest BCUT2D eigenvalue weighted by molar-refractivity contribution is 7.15. The summed E-state index contributed by atoms with van der Waals surface area (Å²) in [4.78, 5) is 23.0. The lowest BCUT2D eigenvalue weighted by Gasteiger charge is -2.14. The van der Waals surface area contributed by atoms with Crippen molar-refractivity contribution in [3.05, 3.63) is 77.0 Å². The highest BCUT2D eigenvalue weighted by Crippen LogP contribution is 2.33. The van der Waals surface area contributed by atoms with E-state index in [0.717, 1.165) is 70.2 Å². The molecule has 0 saturated heterocycles. The van der Waals surface area contributed by atoms with E-state index in [1.54, 1.807) is 19.4 Å². The number of hydrogen-bond donors (Lipinski definition) is 1. The Labute approximate surface area is 271 Å². The zero-order chi connectivity index (χ0) is 34.5. The normalized spacial score (nSPS) is 13.2. The van der Waals surface area contributed by atoms with Crippen molar-refractivity contribution in [3.63, 3.8) is 0 Å². The summed E-state index contributed by atoms with van der Waals surface area (Å²) in [5, 5.41) is 0.794. The number of aromatic amines is 1. The van der Waals surface area contributed by atoms with Crippen LogP contribution < -0.4 is 0 Å². The quantitative estimate of drug-likeness (QED) is 0.204. The second kappa shape index (κ2) is 22.2. The maximum absolute atomic E-state index is 12.5. The van der Waals surface area contributed by atoms with E-state index in [0.29, 0.717) is 0 Å². The van der Waals surface area contributed by atoms with Gasteiger partial charge in [0.1, 0.15) is 29.8 Å². The van der Waals surface area contributed by atoms with E-state index in [-0.39, 0.29) is 18.3 Å². The van der Waals surface area contributed by atoms with E-state index in [9.17, 15) is 18.0 Å². The number of nitrogens with one attached hydrogen (secondary N) is 1. The van der Waals surface area contributed by atoms with Gasteiger partial charge in [0.2, 0.25) is 0 Å². The van der Waals surface area contributed by atoms with Crippen LogP contribution in [-0.4, -0.2) is 47.9 Å². The third kappa shape index (κ3) is 17.1. The molecule has 3 heterocycles. The molecule has 10 heteroatoms. The van der Waals surface area contributed by atoms with Crippen LogP contribution in [0, 0.1) is 6.92 Å². The maximum Gasteiger partial charge on any atom is 0.416 e. The number of halogens is 3. The summed E-state index contributed by atoms with van der Waals surface area (Å²) >= 11 is 1.54. The predicted octanol–water partition coefficient (Wildman–Crippen LogP) is 10.5. The number of ether oxygens (including phenoxy) is 2. The highest BCUT2D eigenvalue weighted by atomic mass is 32.1. The molecular formula is C35H50F3N3O3S. The van der Waals surface area contributed by atoms with E-state index >= 15 is 0 Å². The van der Waals surface area contributed by atoms with Crippen molar-refractivity contribution >= 4 is 35.7 Å². The van der Waals surface area contributed by atoms with Crippen molar-refractivity contribution in [2.75, 3.05) is 13.7 Å². The molecule has 0 aliphatic carbocycles. The number of unbranched alkanes of at least 4 members (excludes halogenated alkanes) is 1. The second-order valence-corrected chi connectivity index (χ2v) is 11.5. The molecule has 1 unspecified atom stereocenters. The summed E-state index contributed by atoms with van der Waals surface area (Å²) in [5.74, 6) is 0.818. The number of H-pyrrole nitrogens is 1. The van der Waals surface area contributed by atoms with Crippen molar-refractivity contribution < 1.29 is 27.4 Å². The fourth-order valence-corrected chi connectivity index (χ4v) is 4.16. The van der Waals surface area contributed by atoms with Crippen molar-refractivity contribution in [2.24, 2.45) is 4.99 Å². The van der Waals surface area contributed by atoms with Crippen molar-refractivity contribution in [3.8, 4) is 10.6 Å². The van der Waals surface area contributed by atoms with Crippen LogP contribution in [0.5, 0.6) is 0 Å². The smallest absolute Gasteiger partial charge is 0.379 e. The van der Waals surface area contributed by atoms with Crippen molar-refractivity contribution in [1.82, 2.24) is 9.97 Å². The fourth-order valence-electron chi connectivity index (χ4n) is 3.19. The summed E-state index contributed by atoms with van der Waals surface area (Å²) in [6, 6.07) is 7.14. The van der Waals surface area contributed by atoms with Gasteiger partial charge >= 0.3 is 6.18 Å². The summed E-state index contributed by atoms with van der Waals surface area (Å²) in [5.41, 5.74) is 2.25. The van der Waals surface area contributed by atoms with Crippen LogP contribution in [0.2, 0.25) is 0 Å². The standard InChI is InChI=1S/C15H16F3NS.C10H10N2O2.C5H12O.C3H6.C2H6/c1-3-4-5-13-10(2)20-14(19-13)11-6-8-12(9-7-11)15(16,17)18;13-5-6-14-9-2-1-8-3-4-11-10(8)12-7-9;1-5(2,3)6-4;1-3-2;1-2/h6-9H,3-5H2,1-2H3;1-5,7,9,11H,6H2;1-4H3;3H,1H2,2H3;1-2H3. The summed E-state index contributed by atoms with van der Waals surface area (Å²) < 4.78 is 47.7. The third-order valence-electron chi connectivity index (χ3n) is 5.66. The van der Waals surface area contributed by atoms with Gasteiger partial charge < -0.3 is 19.3 Å². The molecule has 0 saturated carbocycles. The topological polar surface area (TPSA) is 76.6 Å². The van der Waals surface area contributed by atoms with E-state index < -0.39 is 11.7 Å². The van der Waals surface area contributed by atoms with E-state index in [2.05, 4.69) is 28.5 Å². The lowest BCUT2D eigenvalue weighted by molar-refractivity contribution is -0.137. The summed E-state index contributed by atoms with van der Waals surface area (Å²) in [6.45, 7) is 19.5. The number of carbonyl (C=O) groups is 1. The van der Waals surface area contributed by atoms with Gasteiger partial charge in [-0.25, -0.2) is 9.98 Å². The van der Waals surface area contributed by atoms with Gasteiger partial charge in [0.25, 0.3) is 0 Å². The number of alkyl halides is 3. The van der Waals surface area contributed by atoms with Crippen LogP contribution in [0.15, 0.2) is 60.3 Å². The Balaban J connectivity index is 0.000000670. The molecule has 6 nitrogen and oxygen atoms in total. The lowest BCUT2D eigenvalue weighted by atomic mass is 10.1. The highest BCUT2D eigenvalue weighted by Gasteiger charge is 2.30. The number of rotatable bonds is 7. The number of nitrogens with zero attached hydrogens (tertiary/aromatic N) is 2. The minimum atomic E-state index is -4.29. The molecule has 3 aromatic rings. The maximum atomic E-state index is 12.5. The molecule has 0 radical (unpaired) electrons. The molecule has 1 N–H and O–H groups in total. The van der Waals surface area contributed by atoms with Crippen LogP contribution in [0.4, 0.5) is 19.0 Å². The number of fused-ring (bicyclic) bond motifs is 1. The average molecular weight is 650 g/mol. The Bertz CT molecular complexity index is 1260. The first-order valence-corrected chi connectivity index (χ1v) is 15.8. The Morgan fingerprint density at radius 3 is 2.22 bits per heavy atom. The van der Waals surface area contributed by atoms with Gasteiger partial charge in [0, 0.05) is 35.5 Å². The van der Waals surface area contributed by atoms with Gasteiger partial charge in [-0.1, -0.05) is 51.5 Å². The Kier molecular flexibility index (Phi) is 20.6. The zero-order valence-corrected chi connectivity index (χ0v) is 28.9. The van der Waals surface area contributed by atoms with Gasteiger partial charge in [0.05, 0.1) is 16.9 Å². The number of hydrogen-bond acceptors (Lipinski definition) is 6. The zero-order valence-electron chi connectivity index (χ0n) is 28.1. The number of thiazole rings is 1. The third-order valence-corrected chi connectivity index (χ3v) is 6.72. The first-order chi connectivity index (χ1) is 21.3. The molecule has 0 spiro atoms. The first-order valence-electron chi connectivity index (χ1n) is 15.0. The van der Waals surface area contributed by atoms with Crippen LogP contribution in [0.3, 0.4) is 0 Å². The molecule has 2 aromatic heterocycles. The average Bonchev–Trinajstić information content (AvgIpc) is 3.57. The Hall–Kier alpha value is -3.34. The molecule has 0 fully saturated rings. The minimum Gasteiger partial charge on any atom is -0.379 e. The Morgan fingerprint density at radius 1 is 1.11 bits per heavy atom. The summed E-state index contributed by atoms with van der Waals surface area (Å²) in [6.07, 6.45) is 8.38. The number of allylic oxidation sites excluding steroid dienone is 1. The van der Waals surface area contributed by atoms with Gasteiger partial charge in [-0.2, -0.15) is 13.2 Å². The molecule has 0 amide bonds. The van der Waals surface area contributed by atoms with Crippen molar-refractivity contribution in [1.29, 1.82) is 0 Å². The molecule has 1 aromatic carbocycles. The van der Waals surface area contributed by atoms with Gasteiger partial charge in [0.15, 0.2) is 0 Å². The molecule has 45 heavy (non-hydrogen) atoms. The van der Waals surface area contributed by atoms with Crippen molar-refractivity contribution in [2.45, 2.75) is 92.5 Å². The number of aldehydes is 1. The number of carbonyl (C=O) groups excluding carboxylic acids is 1. The molecule has 1 aliphatic rings. The number of benzene rings is 1. The number of aliphatic imine (C=N–C) groups is 1. The van der Waals surface area contributed by atoms with Crippen LogP contribution in [-0.2, 0) is 26.9 Å². The summed E-state index contributed by atoms with van der Waals surface area (Å²) in [7, 11) is 1.71. The van der Waals surface area contributed by atoms with Gasteiger partial charge in [-0.3, -0.25) is 0 Å². The van der Waals surface area contributed by atoms with Gasteiger partial charge in [-0.15, -0.1) is 17.9 Å². The molecule has 0 bridgehead atoms. The monoisotopic (exact) mass is 649 g/mol. The second-order valence-electron chi connectivity index (χ2n) is 10.3. The number of methoxy groups -OCH3 is 1. The fraction of sp³-hybridized carbons (Fsp3) is 0.457. The van der Waals surface area contributed by atoms with Crippen LogP contribution >= 0.6 is 11.3 Å². The Morgan fingerprint density at radius 2 is 1.71 bits per heavy atom. The van der Waals surface area contributed by atoms with E-state index in [1.807, 2.05) is 72.9 Å². The minimum absolute atomic E-state index is 0.0417. The molecule has 4 rings (SSSR count). The van der Waals surface area contributed by atoms with Gasteiger partial charge in [-0.05, 0) is 71.7 Å². The van der Waals surface area contributed by atoms with E-state index in [1.165, 1.54) is 23.5 Å². The molecule has 1 aliphatic heterocycles. The largest absolute Gasteiger partial charge is 0.416 e. The lowest BCUT2D eigenvalue weighted by Crippen LogP contribution is -2.15. The van der Waals surface area contributed by atoms with E-state index in [4.69, 9.17) is 9.47 Å². The predicted molar refractivity (Wildman–Crippen MR) is 184 cm³/mol. The first kappa shape index (κ1) is 41.7. The number of aromatic nitrogens is 2. The van der Waals surface area contributed by atoms with Crippen LogP contribution in [0.25, 0.3) is 16.6 Å². The van der Waals surface area contributed by atoms with Crippen LogP contribution in [0.1, 0.15) is 83.0 Å². The molecule has 1 atom stereocenters. The molecule has 250 valence electrons. The molecular weight excluding hydrogens is 599 g/mol. The number of aryl methyl sites for hydroxylation is 2. The SMILES string of the molecule is C=CC.CC.CCCCc1nc(-c2ccc(C(F)(F)F)cc2)sc1C.COC(C)(C)C.O=CCOC1C=Cc2cc[nH]c2N=C1.